The third-order valence-electron chi connectivity index (χ3n) is 3.46. The molecule has 3 nitrogen and oxygen atoms in total. The number of nitrogens with zero attached hydrogens (tertiary/aromatic N) is 1. The monoisotopic (exact) mass is 252 g/mol. The molecule has 0 radical (unpaired) electrons. The van der Waals surface area contributed by atoms with E-state index in [4.69, 9.17) is 4.42 Å². The highest BCUT2D eigenvalue weighted by Crippen LogP contribution is 2.21. The molecule has 17 heavy (non-hydrogen) atoms. The van der Waals surface area contributed by atoms with Crippen molar-refractivity contribution in [2.45, 2.75) is 32.0 Å². The first-order valence-corrected chi connectivity index (χ1v) is 7.66. The molecule has 1 aromatic heterocycles. The third-order valence-corrected chi connectivity index (χ3v) is 4.41. The van der Waals surface area contributed by atoms with E-state index in [0.717, 1.165) is 24.9 Å². The highest BCUT2D eigenvalue weighted by molar-refractivity contribution is 7.99. The molecule has 94 valence electrons. The van der Waals surface area contributed by atoms with E-state index < -0.39 is 0 Å². The maximum absolute atomic E-state index is 5.59. The van der Waals surface area contributed by atoms with Crippen molar-refractivity contribution in [1.29, 1.82) is 0 Å². The van der Waals surface area contributed by atoms with Crippen LogP contribution in [0, 0.1) is 0 Å². The summed E-state index contributed by atoms with van der Waals surface area (Å²) in [6.45, 7) is 4.38. The number of hydrogen-bond acceptors (Lipinski definition) is 4. The van der Waals surface area contributed by atoms with Crippen LogP contribution in [0.4, 0.5) is 0 Å². The van der Waals surface area contributed by atoms with Gasteiger partial charge in [-0.3, -0.25) is 4.90 Å². The van der Waals surface area contributed by atoms with Crippen LogP contribution in [-0.4, -0.2) is 35.5 Å². The van der Waals surface area contributed by atoms with E-state index in [2.05, 4.69) is 28.0 Å². The summed E-state index contributed by atoms with van der Waals surface area (Å²) in [6, 6.07) is 2.88. The van der Waals surface area contributed by atoms with Crippen LogP contribution in [0.25, 0.3) is 0 Å². The van der Waals surface area contributed by atoms with Crippen molar-refractivity contribution < 1.29 is 4.42 Å². The van der Waals surface area contributed by atoms with Gasteiger partial charge in [-0.25, -0.2) is 0 Å². The van der Waals surface area contributed by atoms with Crippen molar-refractivity contribution in [3.8, 4) is 0 Å². The molecule has 3 rings (SSSR count). The van der Waals surface area contributed by atoms with E-state index in [1.807, 2.05) is 6.26 Å². The first kappa shape index (κ1) is 11.6. The molecule has 1 saturated carbocycles. The highest BCUT2D eigenvalue weighted by atomic mass is 32.2. The molecule has 1 aromatic rings. The van der Waals surface area contributed by atoms with E-state index in [1.165, 1.54) is 43.0 Å². The van der Waals surface area contributed by atoms with Crippen molar-refractivity contribution in [2.24, 2.45) is 0 Å². The SMILES string of the molecule is c1cc(CN2CCSCC2)c(CNC2CC2)o1. The summed E-state index contributed by atoms with van der Waals surface area (Å²) in [5, 5.41) is 3.52. The second-order valence-electron chi connectivity index (χ2n) is 4.91. The fourth-order valence-corrected chi connectivity index (χ4v) is 3.17. The predicted molar refractivity (Wildman–Crippen MR) is 71.2 cm³/mol. The maximum Gasteiger partial charge on any atom is 0.122 e. The van der Waals surface area contributed by atoms with Crippen LogP contribution in [0.2, 0.25) is 0 Å². The Bertz CT molecular complexity index is 356. The minimum absolute atomic E-state index is 0.749. The van der Waals surface area contributed by atoms with Gasteiger partial charge in [-0.15, -0.1) is 0 Å². The molecule has 1 saturated heterocycles. The van der Waals surface area contributed by atoms with Gasteiger partial charge < -0.3 is 9.73 Å². The average molecular weight is 252 g/mol. The minimum Gasteiger partial charge on any atom is -0.468 e. The zero-order valence-corrected chi connectivity index (χ0v) is 11.0. The Kier molecular flexibility index (Phi) is 3.74. The summed E-state index contributed by atoms with van der Waals surface area (Å²) in [5.74, 6) is 3.68. The van der Waals surface area contributed by atoms with Crippen LogP contribution >= 0.6 is 11.8 Å². The van der Waals surface area contributed by atoms with Gasteiger partial charge in [0.15, 0.2) is 0 Å². The van der Waals surface area contributed by atoms with Gasteiger partial charge in [0.2, 0.25) is 0 Å². The number of rotatable bonds is 5. The third kappa shape index (κ3) is 3.27. The van der Waals surface area contributed by atoms with Gasteiger partial charge in [0, 0.05) is 42.7 Å². The van der Waals surface area contributed by atoms with Crippen molar-refractivity contribution in [3.05, 3.63) is 23.7 Å². The Labute approximate surface area is 107 Å². The van der Waals surface area contributed by atoms with Gasteiger partial charge >= 0.3 is 0 Å². The summed E-state index contributed by atoms with van der Waals surface area (Å²) in [6.07, 6.45) is 4.50. The number of nitrogens with one attached hydrogen (secondary N) is 1. The van der Waals surface area contributed by atoms with Crippen LogP contribution in [-0.2, 0) is 13.1 Å². The summed E-state index contributed by atoms with van der Waals surface area (Å²) in [4.78, 5) is 2.53. The topological polar surface area (TPSA) is 28.4 Å². The molecule has 2 aliphatic rings. The number of thioether (sulfide) groups is 1. The number of hydrogen-bond donors (Lipinski definition) is 1. The molecular formula is C13H20N2OS. The van der Waals surface area contributed by atoms with Crippen molar-refractivity contribution >= 4 is 11.8 Å². The van der Waals surface area contributed by atoms with Crippen molar-refractivity contribution in [3.63, 3.8) is 0 Å². The highest BCUT2D eigenvalue weighted by Gasteiger charge is 2.21. The molecule has 1 N–H and O–H groups in total. The molecule has 0 amide bonds. The van der Waals surface area contributed by atoms with Gasteiger partial charge in [0.05, 0.1) is 12.8 Å². The van der Waals surface area contributed by atoms with Gasteiger partial charge in [0.1, 0.15) is 5.76 Å². The second kappa shape index (κ2) is 5.46. The molecule has 0 atom stereocenters. The quantitative estimate of drug-likeness (QED) is 0.868. The van der Waals surface area contributed by atoms with Crippen molar-refractivity contribution in [1.82, 2.24) is 10.2 Å². The lowest BCUT2D eigenvalue weighted by Gasteiger charge is -2.25. The number of furan rings is 1. The van der Waals surface area contributed by atoms with Crippen LogP contribution < -0.4 is 5.32 Å². The molecule has 0 bridgehead atoms. The first-order valence-electron chi connectivity index (χ1n) is 6.50. The Morgan fingerprint density at radius 1 is 1.35 bits per heavy atom. The summed E-state index contributed by atoms with van der Waals surface area (Å²) in [7, 11) is 0. The molecular weight excluding hydrogens is 232 g/mol. The summed E-state index contributed by atoms with van der Waals surface area (Å²) >= 11 is 2.06. The summed E-state index contributed by atoms with van der Waals surface area (Å²) < 4.78 is 5.59. The van der Waals surface area contributed by atoms with Crippen LogP contribution in [0.1, 0.15) is 24.2 Å². The van der Waals surface area contributed by atoms with Crippen LogP contribution in [0.3, 0.4) is 0 Å². The van der Waals surface area contributed by atoms with E-state index in [1.54, 1.807) is 0 Å². The molecule has 1 aliphatic heterocycles. The average Bonchev–Trinajstić information content (AvgIpc) is 3.09. The van der Waals surface area contributed by atoms with Crippen LogP contribution in [0.5, 0.6) is 0 Å². The smallest absolute Gasteiger partial charge is 0.122 e. The molecule has 0 aromatic carbocycles. The van der Waals surface area contributed by atoms with E-state index in [-0.39, 0.29) is 0 Å². The van der Waals surface area contributed by atoms with Crippen LogP contribution in [0.15, 0.2) is 16.7 Å². The van der Waals surface area contributed by atoms with Gasteiger partial charge in [-0.2, -0.15) is 11.8 Å². The fourth-order valence-electron chi connectivity index (χ4n) is 2.19. The normalized spacial score (nSPS) is 21.9. The van der Waals surface area contributed by atoms with E-state index >= 15 is 0 Å². The lowest BCUT2D eigenvalue weighted by Crippen LogP contribution is -2.32. The molecule has 0 spiro atoms. The first-order chi connectivity index (χ1) is 8.42. The van der Waals surface area contributed by atoms with Gasteiger partial charge in [-0.1, -0.05) is 0 Å². The molecule has 2 heterocycles. The minimum atomic E-state index is 0.749. The van der Waals surface area contributed by atoms with E-state index in [9.17, 15) is 0 Å². The predicted octanol–water partition coefficient (Wildman–Crippen LogP) is 2.08. The lowest BCUT2D eigenvalue weighted by atomic mass is 10.2. The molecule has 0 unspecified atom stereocenters. The largest absolute Gasteiger partial charge is 0.468 e. The zero-order valence-electron chi connectivity index (χ0n) is 10.2. The Balaban J connectivity index is 1.55. The standard InChI is InChI=1S/C13H20N2OS/c1-2-12(1)14-9-13-11(3-6-16-13)10-15-4-7-17-8-5-15/h3,6,12,14H,1-2,4-5,7-10H2. The van der Waals surface area contributed by atoms with Gasteiger partial charge in [-0.05, 0) is 18.9 Å². The Morgan fingerprint density at radius 3 is 2.94 bits per heavy atom. The molecule has 1 aliphatic carbocycles. The second-order valence-corrected chi connectivity index (χ2v) is 6.14. The molecule has 2 fully saturated rings. The zero-order chi connectivity index (χ0) is 11.5. The van der Waals surface area contributed by atoms with Crippen molar-refractivity contribution in [2.75, 3.05) is 24.6 Å². The van der Waals surface area contributed by atoms with Gasteiger partial charge in [0.25, 0.3) is 0 Å². The van der Waals surface area contributed by atoms with E-state index in [0.29, 0.717) is 0 Å². The maximum atomic E-state index is 5.59. The summed E-state index contributed by atoms with van der Waals surface area (Å²) in [5.41, 5.74) is 1.37. The Hall–Kier alpha value is -0.450. The fraction of sp³-hybridized carbons (Fsp3) is 0.692. The Morgan fingerprint density at radius 2 is 2.18 bits per heavy atom. The lowest BCUT2D eigenvalue weighted by molar-refractivity contribution is 0.291. The molecule has 4 heteroatoms.